The summed E-state index contributed by atoms with van der Waals surface area (Å²) in [4.78, 5) is 8.68. The van der Waals surface area contributed by atoms with E-state index in [0.717, 1.165) is 25.0 Å². The fraction of sp³-hybridized carbons (Fsp3) is 0.238. The summed E-state index contributed by atoms with van der Waals surface area (Å²) in [5.41, 5.74) is 0.229. The van der Waals surface area contributed by atoms with Crippen molar-refractivity contribution in [3.05, 3.63) is 60.2 Å². The van der Waals surface area contributed by atoms with Crippen molar-refractivity contribution in [1.82, 2.24) is 9.97 Å². The quantitative estimate of drug-likeness (QED) is 0.424. The highest BCUT2D eigenvalue weighted by atomic mass is 19.4. The highest BCUT2D eigenvalue weighted by Crippen LogP contribution is 2.32. The van der Waals surface area contributed by atoms with Crippen LogP contribution >= 0.6 is 0 Å². The summed E-state index contributed by atoms with van der Waals surface area (Å²) in [6, 6.07) is 11.4. The summed E-state index contributed by atoms with van der Waals surface area (Å²) >= 11 is 0. The van der Waals surface area contributed by atoms with Gasteiger partial charge in [-0.3, -0.25) is 0 Å². The Morgan fingerprint density at radius 2 is 1.59 bits per heavy atom. The van der Waals surface area contributed by atoms with Crippen molar-refractivity contribution in [3.63, 3.8) is 0 Å². The van der Waals surface area contributed by atoms with Gasteiger partial charge in [-0.05, 0) is 49.2 Å². The van der Waals surface area contributed by atoms with Gasteiger partial charge >= 0.3 is 12.5 Å². The number of nitrogens with zero attached hydrogens (tertiary/aromatic N) is 2. The van der Waals surface area contributed by atoms with E-state index in [1.807, 2.05) is 0 Å². The van der Waals surface area contributed by atoms with Crippen LogP contribution in [-0.4, -0.2) is 22.4 Å². The second-order valence-electron chi connectivity index (χ2n) is 7.16. The van der Waals surface area contributed by atoms with Crippen molar-refractivity contribution in [2.45, 2.75) is 31.4 Å². The third-order valence-corrected chi connectivity index (χ3v) is 4.48. The molecule has 3 aromatic rings. The Morgan fingerprint density at radius 1 is 0.875 bits per heavy atom. The molecule has 2 aromatic carbocycles. The van der Waals surface area contributed by atoms with Gasteiger partial charge in [0.15, 0.2) is 0 Å². The van der Waals surface area contributed by atoms with Crippen LogP contribution in [0.2, 0.25) is 0 Å². The van der Waals surface area contributed by atoms with Gasteiger partial charge in [0, 0.05) is 23.4 Å². The molecule has 168 valence electrons. The maximum atomic E-state index is 12.8. The molecule has 1 aliphatic rings. The smallest absolute Gasteiger partial charge is 0.406 e. The van der Waals surface area contributed by atoms with E-state index in [2.05, 4.69) is 25.3 Å². The van der Waals surface area contributed by atoms with Gasteiger partial charge in [-0.1, -0.05) is 12.1 Å². The monoisotopic (exact) mass is 454 g/mol. The molecule has 0 radical (unpaired) electrons. The van der Waals surface area contributed by atoms with Crippen LogP contribution in [0.5, 0.6) is 5.75 Å². The van der Waals surface area contributed by atoms with Crippen LogP contribution in [0.1, 0.15) is 18.4 Å². The van der Waals surface area contributed by atoms with Crippen LogP contribution in [0, 0.1) is 0 Å². The van der Waals surface area contributed by atoms with Crippen molar-refractivity contribution in [2.75, 3.05) is 10.6 Å². The maximum absolute atomic E-state index is 12.8. The average molecular weight is 454 g/mol. The van der Waals surface area contributed by atoms with Gasteiger partial charge in [0.1, 0.15) is 11.6 Å². The fourth-order valence-electron chi connectivity index (χ4n) is 2.88. The number of anilines is 3. The van der Waals surface area contributed by atoms with Crippen molar-refractivity contribution >= 4 is 17.5 Å². The van der Waals surface area contributed by atoms with E-state index in [9.17, 15) is 26.3 Å². The Morgan fingerprint density at radius 3 is 2.22 bits per heavy atom. The lowest BCUT2D eigenvalue weighted by Crippen LogP contribution is -2.17. The summed E-state index contributed by atoms with van der Waals surface area (Å²) in [5, 5.41) is 6.02. The number of aromatic nitrogens is 2. The Bertz CT molecular complexity index is 1090. The molecule has 2 N–H and O–H groups in total. The predicted octanol–water partition coefficient (Wildman–Crippen LogP) is 6.38. The average Bonchev–Trinajstić information content (AvgIpc) is 3.50. The van der Waals surface area contributed by atoms with E-state index >= 15 is 0 Å². The highest BCUT2D eigenvalue weighted by molar-refractivity contribution is 5.68. The van der Waals surface area contributed by atoms with Gasteiger partial charge in [-0.2, -0.15) is 18.2 Å². The molecule has 32 heavy (non-hydrogen) atoms. The minimum atomic E-state index is -4.84. The molecule has 0 spiro atoms. The molecular formula is C21H16F6N4O. The number of rotatable bonds is 6. The van der Waals surface area contributed by atoms with Gasteiger partial charge in [0.2, 0.25) is 5.95 Å². The summed E-state index contributed by atoms with van der Waals surface area (Å²) in [7, 11) is 0. The van der Waals surface area contributed by atoms with Crippen LogP contribution in [0.15, 0.2) is 54.6 Å². The van der Waals surface area contributed by atoms with Gasteiger partial charge < -0.3 is 15.4 Å². The van der Waals surface area contributed by atoms with Crippen molar-refractivity contribution in [3.8, 4) is 17.0 Å². The van der Waals surface area contributed by atoms with Crippen LogP contribution in [0.25, 0.3) is 11.3 Å². The third-order valence-electron chi connectivity index (χ3n) is 4.48. The van der Waals surface area contributed by atoms with E-state index in [4.69, 9.17) is 0 Å². The number of hydrogen-bond donors (Lipinski definition) is 2. The zero-order valence-corrected chi connectivity index (χ0v) is 16.3. The first-order valence-corrected chi connectivity index (χ1v) is 9.51. The lowest BCUT2D eigenvalue weighted by atomic mass is 10.1. The number of ether oxygens (including phenoxy) is 1. The first-order chi connectivity index (χ1) is 15.0. The Kier molecular flexibility index (Phi) is 5.57. The second kappa shape index (κ2) is 8.21. The van der Waals surface area contributed by atoms with E-state index in [-0.39, 0.29) is 17.8 Å². The highest BCUT2D eigenvalue weighted by Gasteiger charge is 2.31. The molecule has 1 heterocycles. The molecule has 4 rings (SSSR count). The first-order valence-electron chi connectivity index (χ1n) is 9.51. The Labute approximate surface area is 178 Å². The van der Waals surface area contributed by atoms with Crippen molar-refractivity contribution in [2.24, 2.45) is 0 Å². The third kappa shape index (κ3) is 5.80. The molecule has 0 atom stereocenters. The van der Waals surface area contributed by atoms with Crippen molar-refractivity contribution in [1.29, 1.82) is 0 Å². The SMILES string of the molecule is FC(F)(F)Oc1cccc(-c2cc(Nc3ccc(C(F)(F)F)cc3)nc(NC3CC3)n2)c1. The van der Waals surface area contributed by atoms with E-state index in [1.54, 1.807) is 6.07 Å². The zero-order chi connectivity index (χ0) is 22.9. The molecular weight excluding hydrogens is 438 g/mol. The fourth-order valence-corrected chi connectivity index (χ4v) is 2.88. The molecule has 0 aliphatic heterocycles. The molecule has 0 saturated heterocycles. The van der Waals surface area contributed by atoms with E-state index in [0.29, 0.717) is 16.9 Å². The van der Waals surface area contributed by atoms with Gasteiger partial charge in [-0.15, -0.1) is 13.2 Å². The number of halogens is 6. The van der Waals surface area contributed by atoms with Gasteiger partial charge in [-0.25, -0.2) is 4.98 Å². The second-order valence-corrected chi connectivity index (χ2v) is 7.16. The van der Waals surface area contributed by atoms with Crippen LogP contribution in [0.4, 0.5) is 43.8 Å². The summed E-state index contributed by atoms with van der Waals surface area (Å²) < 4.78 is 80.0. The lowest BCUT2D eigenvalue weighted by molar-refractivity contribution is -0.274. The molecule has 1 aliphatic carbocycles. The number of benzene rings is 2. The van der Waals surface area contributed by atoms with Crippen molar-refractivity contribution < 1.29 is 31.1 Å². The first kappa shape index (κ1) is 21.7. The molecule has 1 fully saturated rings. The molecule has 1 saturated carbocycles. The molecule has 0 bridgehead atoms. The Balaban J connectivity index is 1.64. The summed E-state index contributed by atoms with van der Waals surface area (Å²) in [5.74, 6) is 0.115. The van der Waals surface area contributed by atoms with E-state index in [1.165, 1.54) is 36.4 Å². The van der Waals surface area contributed by atoms with Crippen LogP contribution < -0.4 is 15.4 Å². The van der Waals surface area contributed by atoms with E-state index < -0.39 is 23.9 Å². The van der Waals surface area contributed by atoms with Crippen LogP contribution in [-0.2, 0) is 6.18 Å². The zero-order valence-electron chi connectivity index (χ0n) is 16.3. The van der Waals surface area contributed by atoms with Gasteiger partial charge in [0.05, 0.1) is 11.3 Å². The molecule has 5 nitrogen and oxygen atoms in total. The normalized spacial score (nSPS) is 14.2. The lowest BCUT2D eigenvalue weighted by Gasteiger charge is -2.13. The van der Waals surface area contributed by atoms with Crippen LogP contribution in [0.3, 0.4) is 0 Å². The Hall–Kier alpha value is -3.50. The van der Waals surface area contributed by atoms with Gasteiger partial charge in [0.25, 0.3) is 0 Å². The summed E-state index contributed by atoms with van der Waals surface area (Å²) in [6.45, 7) is 0. The molecule has 0 amide bonds. The molecule has 0 unspecified atom stereocenters. The minimum absolute atomic E-state index is 0.198. The molecule has 11 heteroatoms. The standard InChI is InChI=1S/C21H16F6N4O/c22-20(23,24)13-4-6-14(7-5-13)28-18-11-17(30-19(31-18)29-15-8-9-15)12-2-1-3-16(10-12)32-21(25,26)27/h1-7,10-11,15H,8-9H2,(H2,28,29,30,31). The predicted molar refractivity (Wildman–Crippen MR) is 106 cm³/mol. The summed E-state index contributed by atoms with van der Waals surface area (Å²) in [6.07, 6.45) is -7.42. The topological polar surface area (TPSA) is 59.1 Å². The maximum Gasteiger partial charge on any atom is 0.573 e. The largest absolute Gasteiger partial charge is 0.573 e. The molecule has 1 aromatic heterocycles. The number of alkyl halides is 6. The number of nitrogens with one attached hydrogen (secondary N) is 2. The minimum Gasteiger partial charge on any atom is -0.406 e. The number of hydrogen-bond acceptors (Lipinski definition) is 5.